The smallest absolute Gasteiger partial charge is 0.232 e. The molecular weight excluding hydrogens is 261 g/mol. The fourth-order valence-electron chi connectivity index (χ4n) is 1.33. The minimum Gasteiger partial charge on any atom is -0.497 e. The van der Waals surface area contributed by atoms with Crippen molar-refractivity contribution in [3.8, 4) is 5.75 Å². The number of nitrogens with one attached hydrogen (secondary N) is 1. The molecule has 0 aliphatic heterocycles. The maximum absolute atomic E-state index is 13.4. The molecule has 0 bridgehead atoms. The summed E-state index contributed by atoms with van der Waals surface area (Å²) in [6, 6.07) is 3.81. The normalized spacial score (nSPS) is 11.3. The third-order valence-corrected chi connectivity index (χ3v) is 3.62. The van der Waals surface area contributed by atoms with E-state index in [0.717, 1.165) is 6.07 Å². The number of hydrogen-bond donors (Lipinski definition) is 2. The predicted octanol–water partition coefficient (Wildman–Crippen LogP) is 1.35. The minimum atomic E-state index is -3.61. The highest BCUT2D eigenvalue weighted by atomic mass is 32.2. The van der Waals surface area contributed by atoms with E-state index in [1.807, 2.05) is 0 Å². The topological polar surface area (TPSA) is 75.6 Å². The third-order valence-electron chi connectivity index (χ3n) is 2.26. The van der Waals surface area contributed by atoms with Crippen molar-refractivity contribution in [3.63, 3.8) is 0 Å². The van der Waals surface area contributed by atoms with Crippen LogP contribution in [0.4, 0.5) is 10.1 Å². The minimum absolute atomic E-state index is 0.0664. The van der Waals surface area contributed by atoms with Crippen molar-refractivity contribution in [1.29, 1.82) is 0 Å². The number of unbranched alkanes of at least 4 members (excludes halogenated alkanes) is 1. The van der Waals surface area contributed by atoms with Gasteiger partial charge < -0.3 is 9.84 Å². The maximum atomic E-state index is 13.4. The Hall–Kier alpha value is -1.34. The number of benzene rings is 1. The summed E-state index contributed by atoms with van der Waals surface area (Å²) in [5.41, 5.74) is -0.140. The molecule has 0 unspecified atom stereocenters. The molecular formula is C11H16FNO4S. The van der Waals surface area contributed by atoms with E-state index in [1.165, 1.54) is 19.2 Å². The van der Waals surface area contributed by atoms with Crippen LogP contribution in [0.15, 0.2) is 18.2 Å². The summed E-state index contributed by atoms with van der Waals surface area (Å²) in [6.07, 6.45) is 0.707. The Bertz CT molecular complexity index is 490. The van der Waals surface area contributed by atoms with Crippen molar-refractivity contribution in [2.45, 2.75) is 12.8 Å². The molecule has 7 heteroatoms. The highest BCUT2D eigenvalue weighted by Gasteiger charge is 2.13. The molecule has 0 fully saturated rings. The number of ether oxygens (including phenoxy) is 1. The van der Waals surface area contributed by atoms with E-state index in [4.69, 9.17) is 9.84 Å². The lowest BCUT2D eigenvalue weighted by atomic mass is 10.3. The second kappa shape index (κ2) is 6.55. The van der Waals surface area contributed by atoms with Crippen LogP contribution in [0, 0.1) is 5.82 Å². The van der Waals surface area contributed by atoms with Gasteiger partial charge in [-0.05, 0) is 25.0 Å². The number of aliphatic hydroxyl groups excluding tert-OH is 1. The van der Waals surface area contributed by atoms with E-state index in [9.17, 15) is 12.8 Å². The standard InChI is InChI=1S/C11H16FNO4S/c1-17-9-4-5-10(12)11(8-9)13-18(15,16)7-3-2-6-14/h4-5,8,13-14H,2-3,6-7H2,1H3. The fourth-order valence-corrected chi connectivity index (χ4v) is 2.51. The van der Waals surface area contributed by atoms with Gasteiger partial charge in [-0.2, -0.15) is 0 Å². The number of hydrogen-bond acceptors (Lipinski definition) is 4. The molecule has 0 amide bonds. The van der Waals surface area contributed by atoms with Gasteiger partial charge in [-0.25, -0.2) is 12.8 Å². The van der Waals surface area contributed by atoms with E-state index in [1.54, 1.807) is 0 Å². The number of aliphatic hydroxyl groups is 1. The molecule has 5 nitrogen and oxygen atoms in total. The van der Waals surface area contributed by atoms with Crippen molar-refractivity contribution in [3.05, 3.63) is 24.0 Å². The van der Waals surface area contributed by atoms with Crippen molar-refractivity contribution >= 4 is 15.7 Å². The Morgan fingerprint density at radius 1 is 1.39 bits per heavy atom. The molecule has 1 rings (SSSR count). The van der Waals surface area contributed by atoms with Crippen LogP contribution in [-0.2, 0) is 10.0 Å². The molecule has 1 aromatic rings. The summed E-state index contributed by atoms with van der Waals surface area (Å²) in [5, 5.41) is 8.57. The second-order valence-electron chi connectivity index (χ2n) is 3.70. The van der Waals surface area contributed by atoms with Gasteiger partial charge in [0.15, 0.2) is 0 Å². The molecule has 1 aromatic carbocycles. The molecule has 0 aromatic heterocycles. The summed E-state index contributed by atoms with van der Waals surface area (Å²) in [7, 11) is -2.20. The number of rotatable bonds is 7. The van der Waals surface area contributed by atoms with Gasteiger partial charge in [0.05, 0.1) is 18.6 Å². The third kappa shape index (κ3) is 4.50. The summed E-state index contributed by atoms with van der Waals surface area (Å²) >= 11 is 0. The van der Waals surface area contributed by atoms with Gasteiger partial charge in [-0.15, -0.1) is 0 Å². The van der Waals surface area contributed by atoms with E-state index in [-0.39, 0.29) is 18.0 Å². The lowest BCUT2D eigenvalue weighted by molar-refractivity contribution is 0.287. The Balaban J connectivity index is 2.76. The summed E-state index contributed by atoms with van der Waals surface area (Å²) in [6.45, 7) is -0.0664. The van der Waals surface area contributed by atoms with Gasteiger partial charge in [0.1, 0.15) is 11.6 Å². The first-order valence-corrected chi connectivity index (χ1v) is 7.08. The van der Waals surface area contributed by atoms with Crippen LogP contribution < -0.4 is 9.46 Å². The molecule has 0 aliphatic rings. The molecule has 0 atom stereocenters. The van der Waals surface area contributed by atoms with Crippen LogP contribution in [0.3, 0.4) is 0 Å². The molecule has 0 aliphatic carbocycles. The molecule has 0 radical (unpaired) electrons. The second-order valence-corrected chi connectivity index (χ2v) is 5.54. The van der Waals surface area contributed by atoms with Crippen LogP contribution in [0.1, 0.15) is 12.8 Å². The van der Waals surface area contributed by atoms with Crippen LogP contribution in [0.5, 0.6) is 5.75 Å². The van der Waals surface area contributed by atoms with Gasteiger partial charge in [0, 0.05) is 12.7 Å². The highest BCUT2D eigenvalue weighted by Crippen LogP contribution is 2.22. The van der Waals surface area contributed by atoms with Crippen LogP contribution in [-0.4, -0.2) is 33.0 Å². The fraction of sp³-hybridized carbons (Fsp3) is 0.455. The Morgan fingerprint density at radius 3 is 2.72 bits per heavy atom. The van der Waals surface area contributed by atoms with Gasteiger partial charge in [-0.1, -0.05) is 0 Å². The average Bonchev–Trinajstić information content (AvgIpc) is 2.32. The maximum Gasteiger partial charge on any atom is 0.232 e. The zero-order valence-electron chi connectivity index (χ0n) is 10.0. The molecule has 0 saturated carbocycles. The van der Waals surface area contributed by atoms with E-state index >= 15 is 0 Å². The molecule has 0 spiro atoms. The Kier molecular flexibility index (Phi) is 5.36. The zero-order valence-corrected chi connectivity index (χ0v) is 10.8. The molecule has 18 heavy (non-hydrogen) atoms. The molecule has 0 saturated heterocycles. The molecule has 0 heterocycles. The zero-order chi connectivity index (χ0) is 13.6. The van der Waals surface area contributed by atoms with Crippen LogP contribution >= 0.6 is 0 Å². The monoisotopic (exact) mass is 277 g/mol. The number of methoxy groups -OCH3 is 1. The van der Waals surface area contributed by atoms with Crippen molar-refractivity contribution in [1.82, 2.24) is 0 Å². The Labute approximate surface area is 106 Å². The summed E-state index contributed by atoms with van der Waals surface area (Å²) in [5.74, 6) is -0.462. The molecule has 2 N–H and O–H groups in total. The Morgan fingerprint density at radius 2 is 2.11 bits per heavy atom. The number of sulfonamides is 1. The summed E-state index contributed by atoms with van der Waals surface area (Å²) < 4.78 is 43.7. The van der Waals surface area contributed by atoms with Crippen molar-refractivity contribution in [2.24, 2.45) is 0 Å². The molecule has 102 valence electrons. The van der Waals surface area contributed by atoms with Gasteiger partial charge in [0.2, 0.25) is 10.0 Å². The first-order chi connectivity index (χ1) is 8.48. The SMILES string of the molecule is COc1ccc(F)c(NS(=O)(=O)CCCCO)c1. The first-order valence-electron chi connectivity index (χ1n) is 5.43. The van der Waals surface area contributed by atoms with E-state index in [2.05, 4.69) is 4.72 Å². The van der Waals surface area contributed by atoms with Gasteiger partial charge in [0.25, 0.3) is 0 Å². The number of halogens is 1. The lowest BCUT2D eigenvalue weighted by Crippen LogP contribution is -2.17. The van der Waals surface area contributed by atoms with E-state index < -0.39 is 15.8 Å². The number of anilines is 1. The summed E-state index contributed by atoms with van der Waals surface area (Å²) in [4.78, 5) is 0. The highest BCUT2D eigenvalue weighted by molar-refractivity contribution is 7.92. The van der Waals surface area contributed by atoms with Crippen molar-refractivity contribution in [2.75, 3.05) is 24.2 Å². The average molecular weight is 277 g/mol. The van der Waals surface area contributed by atoms with E-state index in [0.29, 0.717) is 18.6 Å². The predicted molar refractivity (Wildman–Crippen MR) is 66.7 cm³/mol. The van der Waals surface area contributed by atoms with Crippen LogP contribution in [0.2, 0.25) is 0 Å². The largest absolute Gasteiger partial charge is 0.497 e. The van der Waals surface area contributed by atoms with Gasteiger partial charge in [-0.3, -0.25) is 4.72 Å². The quantitative estimate of drug-likeness (QED) is 0.738. The van der Waals surface area contributed by atoms with Gasteiger partial charge >= 0.3 is 0 Å². The lowest BCUT2D eigenvalue weighted by Gasteiger charge is -2.10. The van der Waals surface area contributed by atoms with Crippen LogP contribution in [0.25, 0.3) is 0 Å². The first kappa shape index (κ1) is 14.7. The van der Waals surface area contributed by atoms with Crippen molar-refractivity contribution < 1.29 is 22.7 Å².